The van der Waals surface area contributed by atoms with Crippen LogP contribution in [-0.2, 0) is 19.1 Å². The molecule has 2 atom stereocenters. The van der Waals surface area contributed by atoms with E-state index in [2.05, 4.69) is 13.5 Å². The molecule has 0 radical (unpaired) electrons. The first-order chi connectivity index (χ1) is 9.13. The van der Waals surface area contributed by atoms with Gasteiger partial charge in [0.1, 0.15) is 0 Å². The average molecular weight is 304 g/mol. The van der Waals surface area contributed by atoms with Crippen LogP contribution in [-0.4, -0.2) is 18.2 Å². The predicted octanol–water partition coefficient (Wildman–Crippen LogP) is 3.80. The largest absolute Gasteiger partial charge is 0.425 e. The molecule has 20 heavy (non-hydrogen) atoms. The van der Waals surface area contributed by atoms with Gasteiger partial charge in [0.2, 0.25) is 6.29 Å². The summed E-state index contributed by atoms with van der Waals surface area (Å²) in [6, 6.07) is 0. The second-order valence-electron chi connectivity index (χ2n) is 4.51. The van der Waals surface area contributed by atoms with Gasteiger partial charge in [-0.2, -0.15) is 9.90 Å². The lowest BCUT2D eigenvalue weighted by molar-refractivity contribution is -0.185. The molecule has 0 bridgehead atoms. The van der Waals surface area contributed by atoms with Crippen molar-refractivity contribution in [1.82, 2.24) is 0 Å². The van der Waals surface area contributed by atoms with Crippen LogP contribution in [0.3, 0.4) is 0 Å². The predicted molar refractivity (Wildman–Crippen MR) is 85.6 cm³/mol. The number of unbranched alkanes of at least 4 members (excludes halogenated alkanes) is 4. The summed E-state index contributed by atoms with van der Waals surface area (Å²) < 4.78 is 10.2. The van der Waals surface area contributed by atoms with Crippen molar-refractivity contribution in [3.8, 4) is 0 Å². The van der Waals surface area contributed by atoms with Crippen molar-refractivity contribution in [2.24, 2.45) is 0 Å². The van der Waals surface area contributed by atoms with E-state index in [9.17, 15) is 9.59 Å². The molecule has 4 nitrogen and oxygen atoms in total. The fraction of sp³-hybridized carbons (Fsp3) is 0.733. The molecule has 0 aliphatic rings. The van der Waals surface area contributed by atoms with Crippen LogP contribution in [0.5, 0.6) is 0 Å². The van der Waals surface area contributed by atoms with Crippen molar-refractivity contribution in [2.75, 3.05) is 0 Å². The van der Waals surface area contributed by atoms with Crippen LogP contribution in [0.4, 0.5) is 0 Å². The lowest BCUT2D eigenvalue weighted by Crippen LogP contribution is -2.23. The fourth-order valence-electron chi connectivity index (χ4n) is 1.59. The highest BCUT2D eigenvalue weighted by Gasteiger charge is 2.16. The van der Waals surface area contributed by atoms with Crippen molar-refractivity contribution in [2.45, 2.75) is 71.5 Å². The van der Waals surface area contributed by atoms with E-state index < -0.39 is 12.3 Å². The Kier molecular flexibility index (Phi) is 15.5. The van der Waals surface area contributed by atoms with Crippen molar-refractivity contribution in [3.63, 3.8) is 0 Å². The van der Waals surface area contributed by atoms with E-state index >= 15 is 0 Å². The van der Waals surface area contributed by atoms with Gasteiger partial charge in [-0.15, -0.1) is 0 Å². The van der Waals surface area contributed by atoms with E-state index in [0.29, 0.717) is 12.8 Å². The van der Waals surface area contributed by atoms with Crippen LogP contribution in [0, 0.1) is 0 Å². The standard InChI is InChI=1S/C15H26O4.H3P/c1-4-7-9-10-11-14(17)19-15(12-8-5-2)18-13(16)6-3;/h6,15H,3-5,7-12H2,1-2H3;1H3. The topological polar surface area (TPSA) is 52.6 Å². The molecule has 2 unspecified atom stereocenters. The second-order valence-corrected chi connectivity index (χ2v) is 4.51. The summed E-state index contributed by atoms with van der Waals surface area (Å²) >= 11 is 0. The molecular formula is C15H29O4P. The van der Waals surface area contributed by atoms with E-state index in [-0.39, 0.29) is 15.9 Å². The summed E-state index contributed by atoms with van der Waals surface area (Å²) in [6.07, 6.45) is 7.13. The van der Waals surface area contributed by atoms with E-state index in [4.69, 9.17) is 9.47 Å². The van der Waals surface area contributed by atoms with E-state index in [0.717, 1.165) is 44.6 Å². The third-order valence-electron chi connectivity index (χ3n) is 2.70. The van der Waals surface area contributed by atoms with Crippen LogP contribution in [0.1, 0.15) is 65.2 Å². The van der Waals surface area contributed by atoms with Crippen molar-refractivity contribution < 1.29 is 19.1 Å². The number of ether oxygens (including phenoxy) is 2. The molecule has 118 valence electrons. The van der Waals surface area contributed by atoms with Crippen LogP contribution in [0.2, 0.25) is 0 Å². The maximum absolute atomic E-state index is 11.6. The van der Waals surface area contributed by atoms with Crippen molar-refractivity contribution >= 4 is 21.8 Å². The van der Waals surface area contributed by atoms with Crippen LogP contribution >= 0.6 is 9.90 Å². The molecule has 0 aliphatic heterocycles. The molecular weight excluding hydrogens is 275 g/mol. The molecule has 0 saturated carbocycles. The molecule has 0 aromatic heterocycles. The Hall–Kier alpha value is -0.890. The molecule has 0 aromatic carbocycles. The molecule has 5 heteroatoms. The molecule has 0 aliphatic carbocycles. The normalized spacial score (nSPS) is 11.1. The Morgan fingerprint density at radius 1 is 1.05 bits per heavy atom. The lowest BCUT2D eigenvalue weighted by Gasteiger charge is -2.17. The van der Waals surface area contributed by atoms with Gasteiger partial charge in [-0.1, -0.05) is 46.1 Å². The highest BCUT2D eigenvalue weighted by atomic mass is 31.0. The summed E-state index contributed by atoms with van der Waals surface area (Å²) in [6.45, 7) is 7.47. The Morgan fingerprint density at radius 3 is 2.25 bits per heavy atom. The maximum Gasteiger partial charge on any atom is 0.333 e. The smallest absolute Gasteiger partial charge is 0.333 e. The minimum absolute atomic E-state index is 0. The Balaban J connectivity index is 0. The number of rotatable bonds is 11. The number of carbonyl (C=O) groups is 2. The highest BCUT2D eigenvalue weighted by molar-refractivity contribution is 6.92. The quantitative estimate of drug-likeness (QED) is 0.191. The average Bonchev–Trinajstić information content (AvgIpc) is 2.40. The second kappa shape index (κ2) is 14.5. The summed E-state index contributed by atoms with van der Waals surface area (Å²) in [4.78, 5) is 22.7. The van der Waals surface area contributed by atoms with Gasteiger partial charge in [-0.3, -0.25) is 4.79 Å². The van der Waals surface area contributed by atoms with Crippen LogP contribution in [0.25, 0.3) is 0 Å². The molecule has 0 fully saturated rings. The first kappa shape index (κ1) is 21.4. The molecule has 0 N–H and O–H groups in total. The molecule has 0 saturated heterocycles. The number of esters is 2. The molecule has 0 rings (SSSR count). The number of hydrogen-bond acceptors (Lipinski definition) is 4. The third kappa shape index (κ3) is 12.2. The van der Waals surface area contributed by atoms with Gasteiger partial charge in [0.25, 0.3) is 0 Å². The Bertz CT molecular complexity index is 279. The van der Waals surface area contributed by atoms with Gasteiger partial charge in [0.05, 0.1) is 0 Å². The summed E-state index contributed by atoms with van der Waals surface area (Å²) in [5, 5.41) is 0. The summed E-state index contributed by atoms with van der Waals surface area (Å²) in [5.74, 6) is -0.853. The maximum atomic E-state index is 11.6. The fourth-order valence-corrected chi connectivity index (χ4v) is 1.59. The minimum atomic E-state index is -0.774. The van der Waals surface area contributed by atoms with Gasteiger partial charge in [-0.05, 0) is 12.8 Å². The van der Waals surface area contributed by atoms with E-state index in [1.54, 1.807) is 0 Å². The SMILES string of the molecule is C=CC(=O)OC(CCCC)OC(=O)CCCCCC.P. The van der Waals surface area contributed by atoms with Gasteiger partial charge >= 0.3 is 11.9 Å². The van der Waals surface area contributed by atoms with Gasteiger partial charge in [-0.25, -0.2) is 4.79 Å². The van der Waals surface area contributed by atoms with E-state index in [1.807, 2.05) is 6.92 Å². The Morgan fingerprint density at radius 2 is 1.70 bits per heavy atom. The lowest BCUT2D eigenvalue weighted by atomic mass is 10.1. The number of hydrogen-bond donors (Lipinski definition) is 0. The molecule has 0 aromatic rings. The monoisotopic (exact) mass is 304 g/mol. The minimum Gasteiger partial charge on any atom is -0.425 e. The van der Waals surface area contributed by atoms with Crippen LogP contribution in [0.15, 0.2) is 12.7 Å². The molecule has 0 heterocycles. The van der Waals surface area contributed by atoms with Crippen molar-refractivity contribution in [1.29, 1.82) is 0 Å². The zero-order valence-electron chi connectivity index (χ0n) is 12.9. The molecule has 0 spiro atoms. The first-order valence-corrected chi connectivity index (χ1v) is 7.16. The summed E-state index contributed by atoms with van der Waals surface area (Å²) in [7, 11) is 0. The van der Waals surface area contributed by atoms with Gasteiger partial charge in [0, 0.05) is 18.9 Å². The van der Waals surface area contributed by atoms with Gasteiger partial charge in [0.15, 0.2) is 0 Å². The third-order valence-corrected chi connectivity index (χ3v) is 2.70. The molecule has 0 amide bonds. The summed E-state index contributed by atoms with van der Waals surface area (Å²) in [5.41, 5.74) is 0. The Labute approximate surface area is 125 Å². The number of carbonyl (C=O) groups excluding carboxylic acids is 2. The van der Waals surface area contributed by atoms with E-state index in [1.165, 1.54) is 0 Å². The zero-order valence-corrected chi connectivity index (χ0v) is 14.3. The van der Waals surface area contributed by atoms with Gasteiger partial charge < -0.3 is 9.47 Å². The first-order valence-electron chi connectivity index (χ1n) is 7.16. The van der Waals surface area contributed by atoms with Crippen molar-refractivity contribution in [3.05, 3.63) is 12.7 Å². The zero-order chi connectivity index (χ0) is 14.5. The highest BCUT2D eigenvalue weighted by Crippen LogP contribution is 2.10. The van der Waals surface area contributed by atoms with Crippen LogP contribution < -0.4 is 0 Å².